The van der Waals surface area contributed by atoms with Gasteiger partial charge in [-0.2, -0.15) is 0 Å². The normalized spacial score (nSPS) is 33.2. The van der Waals surface area contributed by atoms with E-state index in [0.29, 0.717) is 18.1 Å². The van der Waals surface area contributed by atoms with Gasteiger partial charge in [0.25, 0.3) is 0 Å². The van der Waals surface area contributed by atoms with Gasteiger partial charge in [-0.05, 0) is 44.6 Å². The van der Waals surface area contributed by atoms with Crippen LogP contribution < -0.4 is 0 Å². The molecular weight excluding hydrogens is 162 g/mol. The maximum atomic E-state index is 9.09. The summed E-state index contributed by atoms with van der Waals surface area (Å²) < 4.78 is 0. The largest absolute Gasteiger partial charge is 0.396 e. The van der Waals surface area contributed by atoms with E-state index in [-0.39, 0.29) is 0 Å². The SMILES string of the molecule is CCC1(N2CCC(CO)C2)CCC1. The topological polar surface area (TPSA) is 23.5 Å². The van der Waals surface area contributed by atoms with Gasteiger partial charge in [0.1, 0.15) is 0 Å². The lowest BCUT2D eigenvalue weighted by molar-refractivity contribution is 0.0269. The van der Waals surface area contributed by atoms with E-state index in [2.05, 4.69) is 11.8 Å². The molecule has 0 aromatic rings. The van der Waals surface area contributed by atoms with E-state index in [1.165, 1.54) is 38.6 Å². The second kappa shape index (κ2) is 3.58. The summed E-state index contributed by atoms with van der Waals surface area (Å²) >= 11 is 0. The summed E-state index contributed by atoms with van der Waals surface area (Å²) in [6, 6.07) is 0. The van der Waals surface area contributed by atoms with Crippen LogP contribution in [0.1, 0.15) is 39.0 Å². The van der Waals surface area contributed by atoms with Crippen molar-refractivity contribution in [2.24, 2.45) is 5.92 Å². The van der Waals surface area contributed by atoms with Crippen molar-refractivity contribution in [1.29, 1.82) is 0 Å². The van der Waals surface area contributed by atoms with Crippen LogP contribution in [0, 0.1) is 5.92 Å². The fraction of sp³-hybridized carbons (Fsp3) is 1.00. The first-order valence-corrected chi connectivity index (χ1v) is 5.66. The highest BCUT2D eigenvalue weighted by atomic mass is 16.3. The smallest absolute Gasteiger partial charge is 0.0471 e. The number of rotatable bonds is 3. The maximum absolute atomic E-state index is 9.09. The van der Waals surface area contributed by atoms with Gasteiger partial charge in [-0.15, -0.1) is 0 Å². The first-order chi connectivity index (χ1) is 6.30. The molecule has 1 heterocycles. The van der Waals surface area contributed by atoms with Crippen molar-refractivity contribution in [2.45, 2.75) is 44.6 Å². The molecule has 1 aliphatic carbocycles. The fourth-order valence-electron chi connectivity index (χ4n) is 2.89. The van der Waals surface area contributed by atoms with E-state index < -0.39 is 0 Å². The molecule has 2 rings (SSSR count). The summed E-state index contributed by atoms with van der Waals surface area (Å²) in [4.78, 5) is 2.64. The number of hydrogen-bond donors (Lipinski definition) is 1. The molecule has 1 atom stereocenters. The zero-order valence-corrected chi connectivity index (χ0v) is 8.63. The second-order valence-corrected chi connectivity index (χ2v) is 4.71. The van der Waals surface area contributed by atoms with Gasteiger partial charge in [-0.3, -0.25) is 4.90 Å². The third kappa shape index (κ3) is 1.50. The van der Waals surface area contributed by atoms with Crippen molar-refractivity contribution < 1.29 is 5.11 Å². The Morgan fingerprint density at radius 3 is 2.62 bits per heavy atom. The molecule has 1 unspecified atom stereocenters. The standard InChI is InChI=1S/C11H21NO/c1-2-11(5-3-6-11)12-7-4-10(8-12)9-13/h10,13H,2-9H2,1H3. The zero-order valence-electron chi connectivity index (χ0n) is 8.63. The molecule has 13 heavy (non-hydrogen) atoms. The van der Waals surface area contributed by atoms with Crippen molar-refractivity contribution in [3.8, 4) is 0 Å². The summed E-state index contributed by atoms with van der Waals surface area (Å²) in [5.74, 6) is 0.559. The Morgan fingerprint density at radius 2 is 2.23 bits per heavy atom. The summed E-state index contributed by atoms with van der Waals surface area (Å²) in [6.07, 6.45) is 6.70. The number of nitrogens with zero attached hydrogens (tertiary/aromatic N) is 1. The van der Waals surface area contributed by atoms with Crippen molar-refractivity contribution >= 4 is 0 Å². The average molecular weight is 183 g/mol. The Balaban J connectivity index is 1.94. The van der Waals surface area contributed by atoms with Crippen LogP contribution in [-0.4, -0.2) is 35.2 Å². The molecule has 1 saturated heterocycles. The van der Waals surface area contributed by atoms with Crippen molar-refractivity contribution in [1.82, 2.24) is 4.90 Å². The van der Waals surface area contributed by atoms with Crippen LogP contribution in [0.25, 0.3) is 0 Å². The monoisotopic (exact) mass is 183 g/mol. The molecule has 2 fully saturated rings. The van der Waals surface area contributed by atoms with Gasteiger partial charge < -0.3 is 5.11 Å². The quantitative estimate of drug-likeness (QED) is 0.719. The molecule has 0 amide bonds. The van der Waals surface area contributed by atoms with Crippen LogP contribution >= 0.6 is 0 Å². The van der Waals surface area contributed by atoms with E-state index in [9.17, 15) is 0 Å². The molecule has 2 heteroatoms. The zero-order chi connectivity index (χ0) is 9.31. The predicted octanol–water partition coefficient (Wildman–Crippen LogP) is 1.63. The minimum Gasteiger partial charge on any atom is -0.396 e. The Hall–Kier alpha value is -0.0800. The molecule has 0 radical (unpaired) electrons. The number of hydrogen-bond acceptors (Lipinski definition) is 2. The lowest BCUT2D eigenvalue weighted by Crippen LogP contribution is -2.52. The summed E-state index contributed by atoms with van der Waals surface area (Å²) in [7, 11) is 0. The van der Waals surface area contributed by atoms with Crippen molar-refractivity contribution in [3.05, 3.63) is 0 Å². The molecule has 0 bridgehead atoms. The van der Waals surface area contributed by atoms with Gasteiger partial charge in [0, 0.05) is 18.7 Å². The molecule has 76 valence electrons. The van der Waals surface area contributed by atoms with Crippen molar-refractivity contribution in [3.63, 3.8) is 0 Å². The highest BCUT2D eigenvalue weighted by Crippen LogP contribution is 2.42. The third-order valence-electron chi connectivity index (χ3n) is 4.16. The first kappa shape index (κ1) is 9.47. The molecule has 1 aliphatic heterocycles. The molecular formula is C11H21NO. The highest BCUT2D eigenvalue weighted by molar-refractivity contribution is 4.99. The number of aliphatic hydroxyl groups excluding tert-OH is 1. The van der Waals surface area contributed by atoms with Crippen LogP contribution in [0.5, 0.6) is 0 Å². The van der Waals surface area contributed by atoms with Gasteiger partial charge in [0.15, 0.2) is 0 Å². The molecule has 2 aliphatic rings. The van der Waals surface area contributed by atoms with Gasteiger partial charge in [0.2, 0.25) is 0 Å². The van der Waals surface area contributed by atoms with Crippen LogP contribution in [0.3, 0.4) is 0 Å². The number of likely N-dealkylation sites (tertiary alicyclic amines) is 1. The van der Waals surface area contributed by atoms with Crippen molar-refractivity contribution in [2.75, 3.05) is 19.7 Å². The average Bonchev–Trinajstić information content (AvgIpc) is 2.52. The Bertz CT molecular complexity index is 171. The van der Waals surface area contributed by atoms with Gasteiger partial charge >= 0.3 is 0 Å². The van der Waals surface area contributed by atoms with Gasteiger partial charge in [-0.25, -0.2) is 0 Å². The van der Waals surface area contributed by atoms with E-state index >= 15 is 0 Å². The summed E-state index contributed by atoms with van der Waals surface area (Å²) in [5.41, 5.74) is 0.546. The lowest BCUT2D eigenvalue weighted by Gasteiger charge is -2.48. The van der Waals surface area contributed by atoms with Crippen LogP contribution in [0.4, 0.5) is 0 Å². The first-order valence-electron chi connectivity index (χ1n) is 5.66. The van der Waals surface area contributed by atoms with Gasteiger partial charge in [-0.1, -0.05) is 6.92 Å². The van der Waals surface area contributed by atoms with Gasteiger partial charge in [0.05, 0.1) is 0 Å². The van der Waals surface area contributed by atoms with E-state index in [0.717, 1.165) is 6.54 Å². The number of aliphatic hydroxyl groups is 1. The third-order valence-corrected chi connectivity index (χ3v) is 4.16. The second-order valence-electron chi connectivity index (χ2n) is 4.71. The molecule has 1 N–H and O–H groups in total. The fourth-order valence-corrected chi connectivity index (χ4v) is 2.89. The Labute approximate surface area is 80.9 Å². The molecule has 0 spiro atoms. The van der Waals surface area contributed by atoms with Crippen LogP contribution in [0.2, 0.25) is 0 Å². The Kier molecular flexibility index (Phi) is 2.61. The highest BCUT2D eigenvalue weighted by Gasteiger charge is 2.43. The van der Waals surface area contributed by atoms with E-state index in [1.807, 2.05) is 0 Å². The van der Waals surface area contributed by atoms with Crippen LogP contribution in [0.15, 0.2) is 0 Å². The summed E-state index contributed by atoms with van der Waals surface area (Å²) in [6.45, 7) is 5.06. The van der Waals surface area contributed by atoms with E-state index in [4.69, 9.17) is 5.11 Å². The predicted molar refractivity (Wildman–Crippen MR) is 53.6 cm³/mol. The summed E-state index contributed by atoms with van der Waals surface area (Å²) in [5, 5.41) is 9.09. The lowest BCUT2D eigenvalue weighted by atomic mass is 9.73. The Morgan fingerprint density at radius 1 is 1.46 bits per heavy atom. The minimum absolute atomic E-state index is 0.385. The maximum Gasteiger partial charge on any atom is 0.0471 e. The van der Waals surface area contributed by atoms with E-state index in [1.54, 1.807) is 0 Å². The van der Waals surface area contributed by atoms with Crippen LogP contribution in [-0.2, 0) is 0 Å². The molecule has 1 saturated carbocycles. The minimum atomic E-state index is 0.385. The molecule has 0 aromatic carbocycles. The molecule has 2 nitrogen and oxygen atoms in total. The molecule has 0 aromatic heterocycles.